The Morgan fingerprint density at radius 2 is 1.74 bits per heavy atom. The molecule has 6 heteroatoms. The molecule has 0 unspecified atom stereocenters. The van der Waals surface area contributed by atoms with Crippen LogP contribution >= 0.6 is 0 Å². The molecule has 1 amide bonds. The van der Waals surface area contributed by atoms with Crippen LogP contribution in [0.25, 0.3) is 11.0 Å². The Balaban J connectivity index is 1.53. The number of benzene rings is 2. The van der Waals surface area contributed by atoms with Crippen molar-refractivity contribution < 1.29 is 13.9 Å². The van der Waals surface area contributed by atoms with Gasteiger partial charge in [0.15, 0.2) is 5.43 Å². The molecule has 34 heavy (non-hydrogen) atoms. The SMILES string of the molecule is Cc1ccc2oc3c(c(=O)c2c1)[C@@H](c1ccc(C(C)C)cc1)N(CCCN1CCOCC1)C3=O. The predicted molar refractivity (Wildman–Crippen MR) is 133 cm³/mol. The summed E-state index contributed by atoms with van der Waals surface area (Å²) in [6.45, 7) is 11.1. The molecule has 0 N–H and O–H groups in total. The minimum absolute atomic E-state index is 0.109. The third kappa shape index (κ3) is 4.17. The smallest absolute Gasteiger partial charge is 0.290 e. The molecule has 0 aliphatic carbocycles. The lowest BCUT2D eigenvalue weighted by Gasteiger charge is -2.29. The number of hydrogen-bond acceptors (Lipinski definition) is 5. The third-order valence-corrected chi connectivity index (χ3v) is 7.02. The number of rotatable bonds is 6. The van der Waals surface area contributed by atoms with E-state index in [1.54, 1.807) is 6.07 Å². The zero-order chi connectivity index (χ0) is 23.8. The Morgan fingerprint density at radius 1 is 1.00 bits per heavy atom. The largest absolute Gasteiger partial charge is 0.450 e. The van der Waals surface area contributed by atoms with Crippen molar-refractivity contribution in [3.63, 3.8) is 0 Å². The van der Waals surface area contributed by atoms with Gasteiger partial charge in [0.05, 0.1) is 30.2 Å². The van der Waals surface area contributed by atoms with Gasteiger partial charge in [-0.05, 0) is 42.5 Å². The van der Waals surface area contributed by atoms with E-state index in [0.29, 0.717) is 29.0 Å². The fourth-order valence-electron chi connectivity index (χ4n) is 5.06. The van der Waals surface area contributed by atoms with Crippen LogP contribution in [0, 0.1) is 6.92 Å². The third-order valence-electron chi connectivity index (χ3n) is 7.02. The molecule has 0 radical (unpaired) electrons. The molecule has 0 saturated carbocycles. The predicted octanol–water partition coefficient (Wildman–Crippen LogP) is 4.49. The minimum Gasteiger partial charge on any atom is -0.450 e. The van der Waals surface area contributed by atoms with Crippen LogP contribution in [0.2, 0.25) is 0 Å². The monoisotopic (exact) mass is 460 g/mol. The Hall–Kier alpha value is -2.96. The van der Waals surface area contributed by atoms with Gasteiger partial charge in [-0.25, -0.2) is 0 Å². The summed E-state index contributed by atoms with van der Waals surface area (Å²) in [5.41, 5.74) is 3.99. The van der Waals surface area contributed by atoms with Crippen LogP contribution in [0.15, 0.2) is 51.7 Å². The molecule has 2 aromatic carbocycles. The van der Waals surface area contributed by atoms with Crippen LogP contribution < -0.4 is 5.43 Å². The topological polar surface area (TPSA) is 63.0 Å². The second-order valence-electron chi connectivity index (χ2n) is 9.70. The number of nitrogens with zero attached hydrogens (tertiary/aromatic N) is 2. The summed E-state index contributed by atoms with van der Waals surface area (Å²) in [6, 6.07) is 13.4. The second-order valence-corrected chi connectivity index (χ2v) is 9.70. The fourth-order valence-corrected chi connectivity index (χ4v) is 5.06. The molecule has 1 aromatic heterocycles. The summed E-state index contributed by atoms with van der Waals surface area (Å²) in [6.07, 6.45) is 0.827. The average molecular weight is 461 g/mol. The number of fused-ring (bicyclic) bond motifs is 2. The molecule has 1 atom stereocenters. The van der Waals surface area contributed by atoms with Gasteiger partial charge in [-0.15, -0.1) is 0 Å². The van der Waals surface area contributed by atoms with Gasteiger partial charge in [0, 0.05) is 26.2 Å². The number of ether oxygens (including phenoxy) is 1. The molecule has 0 spiro atoms. The summed E-state index contributed by atoms with van der Waals surface area (Å²) in [5.74, 6) is 0.397. The number of carbonyl (C=O) groups excluding carboxylic acids is 1. The first-order chi connectivity index (χ1) is 16.4. The molecule has 178 valence electrons. The van der Waals surface area contributed by atoms with Gasteiger partial charge < -0.3 is 14.1 Å². The molecule has 5 rings (SSSR count). The molecular weight excluding hydrogens is 428 g/mol. The van der Waals surface area contributed by atoms with Gasteiger partial charge in [-0.3, -0.25) is 14.5 Å². The van der Waals surface area contributed by atoms with Gasteiger partial charge in [-0.2, -0.15) is 0 Å². The maximum absolute atomic E-state index is 13.7. The molecule has 0 bridgehead atoms. The maximum Gasteiger partial charge on any atom is 0.290 e. The van der Waals surface area contributed by atoms with Crippen molar-refractivity contribution in [2.75, 3.05) is 39.4 Å². The van der Waals surface area contributed by atoms with E-state index in [9.17, 15) is 9.59 Å². The summed E-state index contributed by atoms with van der Waals surface area (Å²) in [5, 5.41) is 0.533. The van der Waals surface area contributed by atoms with E-state index in [0.717, 1.165) is 50.4 Å². The van der Waals surface area contributed by atoms with E-state index < -0.39 is 6.04 Å². The summed E-state index contributed by atoms with van der Waals surface area (Å²) < 4.78 is 11.5. The summed E-state index contributed by atoms with van der Waals surface area (Å²) in [4.78, 5) is 31.4. The lowest BCUT2D eigenvalue weighted by atomic mass is 9.95. The Bertz CT molecular complexity index is 1260. The highest BCUT2D eigenvalue weighted by molar-refractivity contribution is 5.99. The molecule has 2 aliphatic rings. The summed E-state index contributed by atoms with van der Waals surface area (Å²) >= 11 is 0. The average Bonchev–Trinajstić information content (AvgIpc) is 3.12. The molecule has 3 heterocycles. The van der Waals surface area contributed by atoms with Gasteiger partial charge in [0.1, 0.15) is 5.58 Å². The highest BCUT2D eigenvalue weighted by Crippen LogP contribution is 2.38. The Labute approximate surface area is 200 Å². The van der Waals surface area contributed by atoms with Crippen molar-refractivity contribution in [2.24, 2.45) is 0 Å². The van der Waals surface area contributed by atoms with E-state index in [4.69, 9.17) is 9.15 Å². The second kappa shape index (κ2) is 9.35. The van der Waals surface area contributed by atoms with Crippen LogP contribution in [0.1, 0.15) is 65.0 Å². The molecule has 3 aromatic rings. The van der Waals surface area contributed by atoms with Crippen molar-refractivity contribution in [3.8, 4) is 0 Å². The van der Waals surface area contributed by atoms with Crippen LogP contribution in [-0.4, -0.2) is 55.1 Å². The first-order valence-corrected chi connectivity index (χ1v) is 12.2. The Kier molecular flexibility index (Phi) is 6.28. The highest BCUT2D eigenvalue weighted by Gasteiger charge is 2.42. The fraction of sp³-hybridized carbons (Fsp3) is 0.429. The van der Waals surface area contributed by atoms with Crippen molar-refractivity contribution in [2.45, 2.75) is 39.2 Å². The zero-order valence-electron chi connectivity index (χ0n) is 20.2. The first-order valence-electron chi connectivity index (χ1n) is 12.2. The number of amides is 1. The number of carbonyl (C=O) groups is 1. The van der Waals surface area contributed by atoms with Crippen LogP contribution in [0.5, 0.6) is 0 Å². The molecule has 1 fully saturated rings. The van der Waals surface area contributed by atoms with Gasteiger partial charge in [-0.1, -0.05) is 49.7 Å². The van der Waals surface area contributed by atoms with Gasteiger partial charge in [0.25, 0.3) is 5.91 Å². The van der Waals surface area contributed by atoms with Crippen LogP contribution in [0.4, 0.5) is 0 Å². The molecule has 6 nitrogen and oxygen atoms in total. The lowest BCUT2D eigenvalue weighted by Crippen LogP contribution is -2.38. The van der Waals surface area contributed by atoms with E-state index in [2.05, 4.69) is 43.0 Å². The standard InChI is InChI=1S/C28H32N2O4/c1-18(2)20-6-8-21(9-7-20)25-24-26(31)22-17-19(3)5-10-23(22)34-27(24)28(32)30(25)12-4-11-29-13-15-33-16-14-29/h5-10,17-18,25H,4,11-16H2,1-3H3/t25-/m1/s1. The normalized spacial score (nSPS) is 18.8. The van der Waals surface area contributed by atoms with Crippen molar-refractivity contribution in [3.05, 3.63) is 80.7 Å². The van der Waals surface area contributed by atoms with Crippen LogP contribution in [-0.2, 0) is 4.74 Å². The van der Waals surface area contributed by atoms with Gasteiger partial charge >= 0.3 is 0 Å². The number of aryl methyl sites for hydroxylation is 1. The van der Waals surface area contributed by atoms with Crippen molar-refractivity contribution in [1.29, 1.82) is 0 Å². The first kappa shape index (κ1) is 22.8. The van der Waals surface area contributed by atoms with E-state index in [1.165, 1.54) is 5.56 Å². The van der Waals surface area contributed by atoms with Gasteiger partial charge in [0.2, 0.25) is 5.76 Å². The van der Waals surface area contributed by atoms with E-state index in [1.807, 2.05) is 24.0 Å². The number of morpholine rings is 1. The minimum atomic E-state index is -0.436. The lowest BCUT2D eigenvalue weighted by molar-refractivity contribution is 0.0353. The number of hydrogen-bond donors (Lipinski definition) is 0. The molecule has 1 saturated heterocycles. The van der Waals surface area contributed by atoms with E-state index >= 15 is 0 Å². The van der Waals surface area contributed by atoms with Crippen molar-refractivity contribution >= 4 is 16.9 Å². The maximum atomic E-state index is 13.7. The molecular formula is C28H32N2O4. The van der Waals surface area contributed by atoms with Crippen molar-refractivity contribution in [1.82, 2.24) is 9.80 Å². The zero-order valence-corrected chi connectivity index (χ0v) is 20.2. The Morgan fingerprint density at radius 3 is 2.44 bits per heavy atom. The highest BCUT2D eigenvalue weighted by atomic mass is 16.5. The quantitative estimate of drug-likeness (QED) is 0.542. The van der Waals surface area contributed by atoms with Crippen LogP contribution in [0.3, 0.4) is 0 Å². The summed E-state index contributed by atoms with van der Waals surface area (Å²) in [7, 11) is 0. The molecule has 2 aliphatic heterocycles. The van der Waals surface area contributed by atoms with E-state index in [-0.39, 0.29) is 17.1 Å².